The molecule has 132 valence electrons. The lowest BCUT2D eigenvalue weighted by Crippen LogP contribution is -2.22. The zero-order chi connectivity index (χ0) is 18.5. The lowest BCUT2D eigenvalue weighted by atomic mass is 10.1. The monoisotopic (exact) mass is 351 g/mol. The Labute approximate surface area is 150 Å². The number of nitrogens with one attached hydrogen (secondary N) is 1. The highest BCUT2D eigenvalue weighted by Crippen LogP contribution is 2.26. The van der Waals surface area contributed by atoms with Crippen LogP contribution in [0.4, 0.5) is 4.39 Å². The van der Waals surface area contributed by atoms with Gasteiger partial charge in [0.25, 0.3) is 5.91 Å². The van der Waals surface area contributed by atoms with Crippen LogP contribution >= 0.6 is 0 Å². The number of hydrogen-bond acceptors (Lipinski definition) is 3. The molecule has 26 heavy (non-hydrogen) atoms. The Morgan fingerprint density at radius 2 is 1.85 bits per heavy atom. The van der Waals surface area contributed by atoms with E-state index in [0.29, 0.717) is 23.6 Å². The van der Waals surface area contributed by atoms with Gasteiger partial charge in [0.2, 0.25) is 0 Å². The van der Waals surface area contributed by atoms with Crippen molar-refractivity contribution >= 4 is 5.91 Å². The third kappa shape index (κ3) is 4.39. The van der Waals surface area contributed by atoms with Gasteiger partial charge in [-0.1, -0.05) is 18.2 Å². The van der Waals surface area contributed by atoms with E-state index < -0.39 is 0 Å². The highest BCUT2D eigenvalue weighted by molar-refractivity contribution is 5.94. The van der Waals surface area contributed by atoms with Gasteiger partial charge in [-0.15, -0.1) is 0 Å². The number of phenols is 1. The number of ether oxygens (including phenoxy) is 1. The van der Waals surface area contributed by atoms with Gasteiger partial charge in [0.15, 0.2) is 0 Å². The predicted octanol–water partition coefficient (Wildman–Crippen LogP) is 4.56. The van der Waals surface area contributed by atoms with E-state index in [1.165, 1.54) is 24.3 Å². The molecule has 0 spiro atoms. The number of carbonyl (C=O) groups excluding carboxylic acids is 1. The summed E-state index contributed by atoms with van der Waals surface area (Å²) in [5, 5.41) is 12.3. The summed E-state index contributed by atoms with van der Waals surface area (Å²) < 4.78 is 18.8. The third-order valence-corrected chi connectivity index (χ3v) is 3.86. The molecule has 0 saturated heterocycles. The number of hydrogen-bond donors (Lipinski definition) is 2. The first kappa shape index (κ1) is 17.5. The van der Waals surface area contributed by atoms with Crippen molar-refractivity contribution < 1.29 is 19.0 Å². The number of aryl methyl sites for hydroxylation is 1. The van der Waals surface area contributed by atoms with Gasteiger partial charge in [-0.05, 0) is 66.6 Å². The Morgan fingerprint density at radius 1 is 1.08 bits per heavy atom. The van der Waals surface area contributed by atoms with Crippen LogP contribution in [0.15, 0.2) is 66.7 Å². The van der Waals surface area contributed by atoms with Crippen LogP contribution in [0.2, 0.25) is 0 Å². The zero-order valence-electron chi connectivity index (χ0n) is 14.2. The fraction of sp³-hybridized carbons (Fsp3) is 0.0952. The second kappa shape index (κ2) is 7.70. The van der Waals surface area contributed by atoms with Crippen molar-refractivity contribution in [3.63, 3.8) is 0 Å². The van der Waals surface area contributed by atoms with Crippen molar-refractivity contribution in [2.75, 3.05) is 0 Å². The van der Waals surface area contributed by atoms with E-state index in [2.05, 4.69) is 5.32 Å². The largest absolute Gasteiger partial charge is 0.508 e. The minimum absolute atomic E-state index is 0.0444. The van der Waals surface area contributed by atoms with E-state index in [1.54, 1.807) is 24.3 Å². The smallest absolute Gasteiger partial charge is 0.251 e. The molecule has 4 nitrogen and oxygen atoms in total. The minimum atomic E-state index is -0.322. The molecule has 0 atom stereocenters. The summed E-state index contributed by atoms with van der Waals surface area (Å²) in [6.07, 6.45) is 0. The summed E-state index contributed by atoms with van der Waals surface area (Å²) in [6.45, 7) is 2.22. The molecule has 5 heteroatoms. The molecular weight excluding hydrogens is 333 g/mol. The number of halogens is 1. The molecular formula is C21H18FNO3. The predicted molar refractivity (Wildman–Crippen MR) is 96.9 cm³/mol. The van der Waals surface area contributed by atoms with E-state index in [9.17, 15) is 14.3 Å². The van der Waals surface area contributed by atoms with Crippen molar-refractivity contribution in [1.82, 2.24) is 5.32 Å². The molecule has 0 heterocycles. The second-order valence-corrected chi connectivity index (χ2v) is 5.89. The molecule has 3 rings (SSSR count). The number of amides is 1. The highest BCUT2D eigenvalue weighted by Gasteiger charge is 2.08. The molecule has 0 radical (unpaired) electrons. The Kier molecular flexibility index (Phi) is 5.17. The van der Waals surface area contributed by atoms with E-state index in [4.69, 9.17) is 4.74 Å². The van der Waals surface area contributed by atoms with E-state index in [1.807, 2.05) is 25.1 Å². The van der Waals surface area contributed by atoms with Crippen LogP contribution in [-0.2, 0) is 6.54 Å². The summed E-state index contributed by atoms with van der Waals surface area (Å²) in [5.41, 5.74) is 2.18. The van der Waals surface area contributed by atoms with Crippen LogP contribution in [0, 0.1) is 12.7 Å². The van der Waals surface area contributed by atoms with Crippen molar-refractivity contribution in [2.24, 2.45) is 0 Å². The normalized spacial score (nSPS) is 10.4. The zero-order valence-corrected chi connectivity index (χ0v) is 14.2. The summed E-state index contributed by atoms with van der Waals surface area (Å²) in [6, 6.07) is 17.6. The molecule has 1 amide bonds. The maximum absolute atomic E-state index is 13.0. The molecule has 0 saturated carbocycles. The van der Waals surface area contributed by atoms with Crippen LogP contribution in [0.25, 0.3) is 0 Å². The van der Waals surface area contributed by atoms with Gasteiger partial charge < -0.3 is 15.2 Å². The molecule has 0 aliphatic carbocycles. The number of carbonyl (C=O) groups is 1. The quantitative estimate of drug-likeness (QED) is 0.708. The van der Waals surface area contributed by atoms with Crippen LogP contribution in [0.1, 0.15) is 21.5 Å². The number of benzene rings is 3. The Balaban J connectivity index is 1.69. The van der Waals surface area contributed by atoms with Crippen molar-refractivity contribution in [2.45, 2.75) is 13.5 Å². The first-order valence-corrected chi connectivity index (χ1v) is 8.11. The van der Waals surface area contributed by atoms with E-state index in [-0.39, 0.29) is 17.5 Å². The highest BCUT2D eigenvalue weighted by atomic mass is 19.1. The minimum Gasteiger partial charge on any atom is -0.508 e. The van der Waals surface area contributed by atoms with Gasteiger partial charge in [0.1, 0.15) is 23.1 Å². The van der Waals surface area contributed by atoms with Gasteiger partial charge in [-0.25, -0.2) is 4.39 Å². The molecule has 3 aromatic carbocycles. The average Bonchev–Trinajstić information content (AvgIpc) is 2.64. The Bertz CT molecular complexity index is 923. The topological polar surface area (TPSA) is 58.6 Å². The molecule has 0 aromatic heterocycles. The van der Waals surface area contributed by atoms with Crippen LogP contribution in [-0.4, -0.2) is 11.0 Å². The number of phenolic OH excluding ortho intramolecular Hbond substituents is 1. The second-order valence-electron chi connectivity index (χ2n) is 5.89. The van der Waals surface area contributed by atoms with Gasteiger partial charge >= 0.3 is 0 Å². The van der Waals surface area contributed by atoms with Crippen molar-refractivity contribution in [3.05, 3.63) is 89.2 Å². The van der Waals surface area contributed by atoms with Crippen LogP contribution < -0.4 is 10.1 Å². The molecule has 0 unspecified atom stereocenters. The third-order valence-electron chi connectivity index (χ3n) is 3.86. The molecule has 0 aliphatic rings. The number of aromatic hydroxyl groups is 1. The van der Waals surface area contributed by atoms with E-state index >= 15 is 0 Å². The summed E-state index contributed by atoms with van der Waals surface area (Å²) in [5.74, 6) is 0.624. The summed E-state index contributed by atoms with van der Waals surface area (Å²) in [7, 11) is 0. The first-order chi connectivity index (χ1) is 12.5. The van der Waals surface area contributed by atoms with Gasteiger partial charge in [0.05, 0.1) is 0 Å². The van der Waals surface area contributed by atoms with Crippen molar-refractivity contribution in [3.8, 4) is 17.2 Å². The fourth-order valence-corrected chi connectivity index (χ4v) is 2.43. The maximum atomic E-state index is 13.0. The molecule has 0 aliphatic heterocycles. The lowest BCUT2D eigenvalue weighted by Gasteiger charge is -2.11. The molecule has 0 bridgehead atoms. The number of rotatable bonds is 5. The fourth-order valence-electron chi connectivity index (χ4n) is 2.43. The summed E-state index contributed by atoms with van der Waals surface area (Å²) >= 11 is 0. The van der Waals surface area contributed by atoms with Crippen LogP contribution in [0.3, 0.4) is 0 Å². The van der Waals surface area contributed by atoms with Crippen molar-refractivity contribution in [1.29, 1.82) is 0 Å². The summed E-state index contributed by atoms with van der Waals surface area (Å²) in [4.78, 5) is 12.2. The standard InChI is InChI=1S/C21H18FNO3/c1-14-5-6-15(11-20(14)26-19-9-7-17(22)8-10-19)13-23-21(25)16-3-2-4-18(24)12-16/h2-12,24H,13H2,1H3,(H,23,25). The lowest BCUT2D eigenvalue weighted by molar-refractivity contribution is 0.0950. The SMILES string of the molecule is Cc1ccc(CNC(=O)c2cccc(O)c2)cc1Oc1ccc(F)cc1. The van der Waals surface area contributed by atoms with E-state index in [0.717, 1.165) is 11.1 Å². The van der Waals surface area contributed by atoms with Crippen LogP contribution in [0.5, 0.6) is 17.2 Å². The van der Waals surface area contributed by atoms with Gasteiger partial charge in [0, 0.05) is 12.1 Å². The molecule has 0 fully saturated rings. The van der Waals surface area contributed by atoms with Gasteiger partial charge in [-0.3, -0.25) is 4.79 Å². The maximum Gasteiger partial charge on any atom is 0.251 e. The van der Waals surface area contributed by atoms with Gasteiger partial charge in [-0.2, -0.15) is 0 Å². The molecule has 2 N–H and O–H groups in total. The Morgan fingerprint density at radius 3 is 2.58 bits per heavy atom. The first-order valence-electron chi connectivity index (χ1n) is 8.11. The average molecular weight is 351 g/mol. The molecule has 3 aromatic rings. The Hall–Kier alpha value is -3.34.